The first-order valence-electron chi connectivity index (χ1n) is 16.7. The summed E-state index contributed by atoms with van der Waals surface area (Å²) in [6.45, 7) is 18.0. The molecule has 0 aromatic rings. The molecular weight excluding hydrogens is 604 g/mol. The molecule has 1 saturated heterocycles. The van der Waals surface area contributed by atoms with Gasteiger partial charge in [-0.15, -0.1) is 0 Å². The fourth-order valence-corrected chi connectivity index (χ4v) is 6.73. The molecule has 266 valence electrons. The highest BCUT2D eigenvalue weighted by Gasteiger charge is 2.53. The molecule has 2 N–H and O–H groups in total. The van der Waals surface area contributed by atoms with Crippen molar-refractivity contribution in [3.05, 3.63) is 47.3 Å². The van der Waals surface area contributed by atoms with Crippen LogP contribution in [0.1, 0.15) is 82.1 Å². The van der Waals surface area contributed by atoms with Crippen LogP contribution in [0.15, 0.2) is 47.3 Å². The second-order valence-corrected chi connectivity index (χ2v) is 13.9. The summed E-state index contributed by atoms with van der Waals surface area (Å²) in [5, 5.41) is 23.7. The fourth-order valence-electron chi connectivity index (χ4n) is 6.73. The summed E-state index contributed by atoms with van der Waals surface area (Å²) in [5.41, 5.74) is 1.64. The predicted octanol–water partition coefficient (Wildman–Crippen LogP) is 5.47. The second kappa shape index (κ2) is 17.6. The van der Waals surface area contributed by atoms with Crippen molar-refractivity contribution in [1.82, 2.24) is 0 Å². The Morgan fingerprint density at radius 2 is 1.70 bits per heavy atom. The number of carbonyl (C=O) groups excluding carboxylic acids is 3. The van der Waals surface area contributed by atoms with Crippen molar-refractivity contribution in [3.63, 3.8) is 0 Å². The Morgan fingerprint density at radius 1 is 1.06 bits per heavy atom. The van der Waals surface area contributed by atoms with E-state index in [1.165, 1.54) is 27.2 Å². The van der Waals surface area contributed by atoms with Gasteiger partial charge in [-0.05, 0) is 32.3 Å². The Balaban J connectivity index is 2.56. The van der Waals surface area contributed by atoms with Gasteiger partial charge in [0.1, 0.15) is 24.1 Å². The first-order chi connectivity index (χ1) is 21.9. The van der Waals surface area contributed by atoms with E-state index >= 15 is 0 Å². The van der Waals surface area contributed by atoms with Gasteiger partial charge in [-0.25, -0.2) is 4.79 Å². The molecule has 0 aromatic carbocycles. The lowest BCUT2D eigenvalue weighted by Gasteiger charge is -2.50. The van der Waals surface area contributed by atoms with Crippen LogP contribution in [0.4, 0.5) is 0 Å². The minimum absolute atomic E-state index is 0.00827. The lowest BCUT2D eigenvalue weighted by atomic mass is 9.76. The van der Waals surface area contributed by atoms with Crippen molar-refractivity contribution in [2.24, 2.45) is 35.5 Å². The molecule has 2 rings (SSSR count). The molecule has 0 amide bonds. The minimum Gasteiger partial charge on any atom is -0.490 e. The van der Waals surface area contributed by atoms with E-state index in [1.807, 2.05) is 47.6 Å². The van der Waals surface area contributed by atoms with Crippen LogP contribution in [0.3, 0.4) is 0 Å². The van der Waals surface area contributed by atoms with E-state index in [9.17, 15) is 24.6 Å². The van der Waals surface area contributed by atoms with Gasteiger partial charge in [0.25, 0.3) is 0 Å². The number of esters is 2. The van der Waals surface area contributed by atoms with E-state index in [-0.39, 0.29) is 41.6 Å². The van der Waals surface area contributed by atoms with Crippen LogP contribution in [0.5, 0.6) is 0 Å². The highest BCUT2D eigenvalue weighted by molar-refractivity contribution is 5.87. The molecule has 2 heterocycles. The Morgan fingerprint density at radius 3 is 2.26 bits per heavy atom. The number of aliphatic hydroxyl groups is 2. The molecule has 0 saturated carbocycles. The van der Waals surface area contributed by atoms with E-state index in [0.29, 0.717) is 12.0 Å². The largest absolute Gasteiger partial charge is 0.490 e. The topological polar surface area (TPSA) is 138 Å². The number of cyclic esters (lactones) is 1. The van der Waals surface area contributed by atoms with Gasteiger partial charge in [0.2, 0.25) is 5.76 Å². The smallest absolute Gasteiger partial charge is 0.373 e. The molecule has 2 aliphatic rings. The van der Waals surface area contributed by atoms with E-state index < -0.39 is 60.1 Å². The summed E-state index contributed by atoms with van der Waals surface area (Å²) in [5.74, 6) is -5.54. The molecule has 10 nitrogen and oxygen atoms in total. The zero-order valence-corrected chi connectivity index (χ0v) is 30.3. The summed E-state index contributed by atoms with van der Waals surface area (Å²) in [7, 11) is 2.83. The average molecular weight is 663 g/mol. The predicted molar refractivity (Wildman–Crippen MR) is 179 cm³/mol. The summed E-state index contributed by atoms with van der Waals surface area (Å²) < 4.78 is 29.1. The molecule has 0 bridgehead atoms. The quantitative estimate of drug-likeness (QED) is 0.322. The maximum Gasteiger partial charge on any atom is 0.373 e. The monoisotopic (exact) mass is 662 g/mol. The van der Waals surface area contributed by atoms with Gasteiger partial charge >= 0.3 is 11.9 Å². The summed E-state index contributed by atoms with van der Waals surface area (Å²) >= 11 is 0. The number of carbonyl (C=O) groups is 3. The maximum absolute atomic E-state index is 13.6. The third-order valence-electron chi connectivity index (χ3n) is 9.57. The number of hydrogen-bond acceptors (Lipinski definition) is 10. The van der Waals surface area contributed by atoms with Gasteiger partial charge in [0, 0.05) is 50.0 Å². The zero-order chi connectivity index (χ0) is 35.8. The van der Waals surface area contributed by atoms with Gasteiger partial charge < -0.3 is 33.9 Å². The molecule has 0 spiro atoms. The molecule has 1 fully saturated rings. The SMILES string of the molecule is CO/C1=C/C(C)=C/C(C)C(=O)C(C)C/C(C)=C/C=C\C(OC)C(C(C)C(O)C(C)C2(O)CC(OC(C)=O)C(C)C(C(C)C)O2)OC1=O. The van der Waals surface area contributed by atoms with Crippen molar-refractivity contribution in [3.8, 4) is 0 Å². The molecule has 0 aromatic heterocycles. The lowest BCUT2D eigenvalue weighted by Crippen LogP contribution is -2.59. The molecule has 2 aliphatic heterocycles. The standard InChI is InChI=1S/C37H58O10/c1-20(2)34-25(7)31(45-28(10)38)19-37(42,47-34)27(9)33(40)26(8)35-29(43-11)15-13-14-21(3)16-23(5)32(39)24(6)17-22(4)18-30(44-12)36(41)46-35/h13-15,17-18,20,23-27,29,31,33-35,40,42H,16,19H2,1-12H3/b15-13-,21-14+,22-17+,30-18+. The molecule has 0 radical (unpaired) electrons. The number of aliphatic hydroxyl groups excluding tert-OH is 1. The van der Waals surface area contributed by atoms with Crippen LogP contribution < -0.4 is 0 Å². The molecule has 47 heavy (non-hydrogen) atoms. The van der Waals surface area contributed by atoms with E-state index in [1.54, 1.807) is 39.0 Å². The van der Waals surface area contributed by atoms with Crippen LogP contribution in [-0.4, -0.2) is 78.5 Å². The third-order valence-corrected chi connectivity index (χ3v) is 9.57. The number of hydrogen-bond donors (Lipinski definition) is 2. The van der Waals surface area contributed by atoms with Crippen LogP contribution in [-0.2, 0) is 38.1 Å². The number of Topliss-reactive ketones (excluding diaryl/α,β-unsaturated/α-hetero) is 1. The van der Waals surface area contributed by atoms with Gasteiger partial charge in [-0.1, -0.05) is 83.9 Å². The normalized spacial score (nSPS) is 37.6. The van der Waals surface area contributed by atoms with E-state index in [2.05, 4.69) is 0 Å². The summed E-state index contributed by atoms with van der Waals surface area (Å²) in [6, 6.07) is 0. The zero-order valence-electron chi connectivity index (χ0n) is 30.3. The lowest BCUT2D eigenvalue weighted by molar-refractivity contribution is -0.329. The molecule has 11 unspecified atom stereocenters. The number of methoxy groups -OCH3 is 2. The van der Waals surface area contributed by atoms with Crippen molar-refractivity contribution < 1.29 is 48.3 Å². The third kappa shape index (κ3) is 10.6. The van der Waals surface area contributed by atoms with Gasteiger partial charge in [0.05, 0.1) is 19.3 Å². The van der Waals surface area contributed by atoms with Crippen molar-refractivity contribution in [2.45, 2.75) is 118 Å². The Kier molecular flexibility index (Phi) is 15.1. The Labute approximate surface area is 281 Å². The minimum atomic E-state index is -1.85. The summed E-state index contributed by atoms with van der Waals surface area (Å²) in [6.07, 6.45) is 5.10. The van der Waals surface area contributed by atoms with Crippen LogP contribution in [0.2, 0.25) is 0 Å². The van der Waals surface area contributed by atoms with Gasteiger partial charge in [-0.2, -0.15) is 0 Å². The first-order valence-corrected chi connectivity index (χ1v) is 16.7. The maximum atomic E-state index is 13.6. The summed E-state index contributed by atoms with van der Waals surface area (Å²) in [4.78, 5) is 38.5. The Bertz CT molecular complexity index is 1220. The second-order valence-electron chi connectivity index (χ2n) is 13.9. The molecule has 10 heteroatoms. The van der Waals surface area contributed by atoms with Crippen LogP contribution in [0.25, 0.3) is 0 Å². The molecule has 11 atom stereocenters. The highest BCUT2D eigenvalue weighted by atomic mass is 16.6. The average Bonchev–Trinajstić information content (AvgIpc) is 3.00. The van der Waals surface area contributed by atoms with Gasteiger partial charge in [0.15, 0.2) is 5.79 Å². The van der Waals surface area contributed by atoms with Crippen molar-refractivity contribution in [1.29, 1.82) is 0 Å². The highest BCUT2D eigenvalue weighted by Crippen LogP contribution is 2.42. The molecule has 0 aliphatic carbocycles. The fraction of sp³-hybridized carbons (Fsp3) is 0.703. The number of ether oxygens (including phenoxy) is 5. The van der Waals surface area contributed by atoms with E-state index in [0.717, 1.165) is 5.57 Å². The van der Waals surface area contributed by atoms with Crippen molar-refractivity contribution >= 4 is 17.7 Å². The van der Waals surface area contributed by atoms with Gasteiger partial charge in [-0.3, -0.25) is 9.59 Å². The number of rotatable bonds is 8. The van der Waals surface area contributed by atoms with Crippen LogP contribution >= 0.6 is 0 Å². The number of allylic oxidation sites excluding steroid dienone is 6. The Hall–Kier alpha value is -2.79. The van der Waals surface area contributed by atoms with E-state index in [4.69, 9.17) is 23.7 Å². The van der Waals surface area contributed by atoms with Crippen LogP contribution in [0, 0.1) is 35.5 Å². The number of ketones is 1. The molecular formula is C37H58O10. The first kappa shape index (κ1) is 40.4. The van der Waals surface area contributed by atoms with Crippen molar-refractivity contribution in [2.75, 3.05) is 14.2 Å².